The maximum atomic E-state index is 13.8. The molecule has 4 rings (SSSR count). The van der Waals surface area contributed by atoms with E-state index in [1.165, 1.54) is 23.9 Å². The minimum absolute atomic E-state index is 0.0753. The van der Waals surface area contributed by atoms with Crippen LogP contribution < -0.4 is 0 Å². The minimum atomic E-state index is -0.318. The third-order valence-electron chi connectivity index (χ3n) is 5.67. The summed E-state index contributed by atoms with van der Waals surface area (Å²) in [5.41, 5.74) is 1.76. The molecule has 2 aromatic carbocycles. The van der Waals surface area contributed by atoms with Crippen molar-refractivity contribution in [2.45, 2.75) is 48.4 Å². The molecule has 2 atom stereocenters. The number of benzene rings is 2. The predicted molar refractivity (Wildman–Crippen MR) is 104 cm³/mol. The molecule has 0 aromatic heterocycles. The second-order valence-corrected chi connectivity index (χ2v) is 8.36. The molecule has 2 saturated heterocycles. The van der Waals surface area contributed by atoms with Crippen LogP contribution in [0.4, 0.5) is 4.39 Å². The molecule has 0 amide bonds. The molecule has 0 N–H and O–H groups in total. The van der Waals surface area contributed by atoms with Gasteiger partial charge in [0.15, 0.2) is 12.0 Å². The fourth-order valence-corrected chi connectivity index (χ4v) is 5.36. The van der Waals surface area contributed by atoms with Crippen LogP contribution in [0.1, 0.15) is 41.6 Å². The number of carbonyl (C=O) groups excluding carboxylic acids is 1. The number of nitrogens with zero attached hydrogens (tertiary/aromatic N) is 2. The van der Waals surface area contributed by atoms with Crippen LogP contribution in [0.15, 0.2) is 53.4 Å². The molecule has 0 radical (unpaired) electrons. The van der Waals surface area contributed by atoms with Crippen LogP contribution in [-0.2, 0) is 5.75 Å². The lowest BCUT2D eigenvalue weighted by molar-refractivity contribution is 0.0804. The lowest BCUT2D eigenvalue weighted by Gasteiger charge is -2.34. The largest absolute Gasteiger partial charge is 0.304 e. The standard InChI is InChI=1S/C22H21FN2OS/c23-17-6-9-20(21(12-17)27-13-15-4-2-1-3-5-15)22(26)16-10-18-7-8-19(11-16)25(18)14-24/h1-6,9,12,16,18-19H,7-8,10-11,13H2. The Morgan fingerprint density at radius 1 is 1.15 bits per heavy atom. The average Bonchev–Trinajstić information content (AvgIpc) is 2.94. The van der Waals surface area contributed by atoms with E-state index in [1.807, 2.05) is 35.2 Å². The van der Waals surface area contributed by atoms with Crippen molar-refractivity contribution in [1.82, 2.24) is 4.90 Å². The molecule has 2 aliphatic rings. The van der Waals surface area contributed by atoms with Crippen LogP contribution in [0.2, 0.25) is 0 Å². The first-order valence-corrected chi connectivity index (χ1v) is 10.3. The normalized spacial score (nSPS) is 23.9. The minimum Gasteiger partial charge on any atom is -0.304 e. The number of nitriles is 1. The first kappa shape index (κ1) is 18.1. The summed E-state index contributed by atoms with van der Waals surface area (Å²) in [5.74, 6) is 0.401. The Kier molecular flexibility index (Phi) is 5.18. The summed E-state index contributed by atoms with van der Waals surface area (Å²) in [6, 6.07) is 14.8. The van der Waals surface area contributed by atoms with Gasteiger partial charge in [0, 0.05) is 34.2 Å². The van der Waals surface area contributed by atoms with Gasteiger partial charge < -0.3 is 4.90 Å². The maximum Gasteiger partial charge on any atom is 0.179 e. The van der Waals surface area contributed by atoms with Gasteiger partial charge in [0.2, 0.25) is 0 Å². The van der Waals surface area contributed by atoms with Crippen molar-refractivity contribution in [3.05, 3.63) is 65.5 Å². The molecule has 0 saturated carbocycles. The Morgan fingerprint density at radius 3 is 2.52 bits per heavy atom. The van der Waals surface area contributed by atoms with Gasteiger partial charge in [-0.15, -0.1) is 11.8 Å². The second kappa shape index (κ2) is 7.74. The zero-order chi connectivity index (χ0) is 18.8. The second-order valence-electron chi connectivity index (χ2n) is 7.34. The van der Waals surface area contributed by atoms with E-state index in [0.29, 0.717) is 16.2 Å². The lowest BCUT2D eigenvalue weighted by Crippen LogP contribution is -2.41. The molecule has 27 heavy (non-hydrogen) atoms. The molecular weight excluding hydrogens is 359 g/mol. The Balaban J connectivity index is 1.53. The van der Waals surface area contributed by atoms with Gasteiger partial charge in [-0.25, -0.2) is 4.39 Å². The van der Waals surface area contributed by atoms with Crippen molar-refractivity contribution in [2.24, 2.45) is 5.92 Å². The Hall–Kier alpha value is -2.32. The summed E-state index contributed by atoms with van der Waals surface area (Å²) in [5, 5.41) is 9.31. The van der Waals surface area contributed by atoms with Crippen LogP contribution in [0.5, 0.6) is 0 Å². The molecule has 2 heterocycles. The summed E-state index contributed by atoms with van der Waals surface area (Å²) >= 11 is 1.51. The molecule has 3 nitrogen and oxygen atoms in total. The van der Waals surface area contributed by atoms with Crippen molar-refractivity contribution < 1.29 is 9.18 Å². The number of halogens is 1. The van der Waals surface area contributed by atoms with E-state index in [4.69, 9.17) is 0 Å². The van der Waals surface area contributed by atoms with E-state index in [2.05, 4.69) is 6.19 Å². The van der Waals surface area contributed by atoms with Gasteiger partial charge in [-0.3, -0.25) is 4.79 Å². The first-order valence-electron chi connectivity index (χ1n) is 9.34. The van der Waals surface area contributed by atoms with Gasteiger partial charge in [-0.1, -0.05) is 30.3 Å². The average molecular weight is 380 g/mol. The molecule has 2 bridgehead atoms. The predicted octanol–water partition coefficient (Wildman–Crippen LogP) is 5.02. The zero-order valence-corrected chi connectivity index (χ0v) is 15.8. The Bertz CT molecular complexity index is 866. The van der Waals surface area contributed by atoms with E-state index in [-0.39, 0.29) is 29.6 Å². The monoisotopic (exact) mass is 380 g/mol. The summed E-state index contributed by atoms with van der Waals surface area (Å²) in [6.45, 7) is 0. The molecule has 0 spiro atoms. The van der Waals surface area contributed by atoms with Crippen molar-refractivity contribution in [1.29, 1.82) is 5.26 Å². The van der Waals surface area contributed by atoms with E-state index in [9.17, 15) is 14.4 Å². The topological polar surface area (TPSA) is 44.1 Å². The van der Waals surface area contributed by atoms with Crippen LogP contribution in [0, 0.1) is 23.2 Å². The highest BCUT2D eigenvalue weighted by molar-refractivity contribution is 7.98. The highest BCUT2D eigenvalue weighted by Crippen LogP contribution is 2.40. The van der Waals surface area contributed by atoms with Gasteiger partial charge in [-0.2, -0.15) is 5.26 Å². The van der Waals surface area contributed by atoms with Gasteiger partial charge in [0.25, 0.3) is 0 Å². The molecule has 0 aliphatic carbocycles. The summed E-state index contributed by atoms with van der Waals surface area (Å²) < 4.78 is 13.8. The third-order valence-corrected chi connectivity index (χ3v) is 6.79. The van der Waals surface area contributed by atoms with Crippen LogP contribution >= 0.6 is 11.8 Å². The molecule has 2 aliphatic heterocycles. The molecular formula is C22H21FN2OS. The number of thioether (sulfide) groups is 1. The number of hydrogen-bond acceptors (Lipinski definition) is 4. The summed E-state index contributed by atoms with van der Waals surface area (Å²) in [7, 11) is 0. The van der Waals surface area contributed by atoms with Crippen LogP contribution in [0.25, 0.3) is 0 Å². The van der Waals surface area contributed by atoms with Gasteiger partial charge >= 0.3 is 0 Å². The molecule has 5 heteroatoms. The molecule has 2 fully saturated rings. The Labute approximate surface area is 163 Å². The fraction of sp³-hybridized carbons (Fsp3) is 0.364. The maximum absolute atomic E-state index is 13.8. The number of rotatable bonds is 5. The van der Waals surface area contributed by atoms with Crippen molar-refractivity contribution in [2.75, 3.05) is 0 Å². The van der Waals surface area contributed by atoms with Crippen molar-refractivity contribution in [3.8, 4) is 6.19 Å². The first-order chi connectivity index (χ1) is 13.2. The van der Waals surface area contributed by atoms with E-state index in [0.717, 1.165) is 31.2 Å². The smallest absolute Gasteiger partial charge is 0.179 e. The highest BCUT2D eigenvalue weighted by Gasteiger charge is 2.43. The number of carbonyl (C=O) groups is 1. The number of piperidine rings is 1. The number of fused-ring (bicyclic) bond motifs is 2. The SMILES string of the molecule is N#CN1C2CCC1CC(C(=O)c1ccc(F)cc1SCc1ccccc1)C2. The number of Topliss-reactive ketones (excluding diaryl/α,β-unsaturated/α-hetero) is 1. The van der Waals surface area contributed by atoms with Crippen LogP contribution in [0.3, 0.4) is 0 Å². The van der Waals surface area contributed by atoms with E-state index < -0.39 is 0 Å². The molecule has 2 aromatic rings. The third kappa shape index (κ3) is 3.72. The number of ketones is 1. The number of hydrogen-bond donors (Lipinski definition) is 0. The quantitative estimate of drug-likeness (QED) is 0.415. The van der Waals surface area contributed by atoms with Crippen molar-refractivity contribution in [3.63, 3.8) is 0 Å². The molecule has 2 unspecified atom stereocenters. The van der Waals surface area contributed by atoms with E-state index in [1.54, 1.807) is 6.07 Å². The fourth-order valence-electron chi connectivity index (χ4n) is 4.33. The van der Waals surface area contributed by atoms with Gasteiger partial charge in [-0.05, 0) is 49.4 Å². The lowest BCUT2D eigenvalue weighted by atomic mass is 9.85. The zero-order valence-electron chi connectivity index (χ0n) is 15.0. The Morgan fingerprint density at radius 2 is 1.85 bits per heavy atom. The highest BCUT2D eigenvalue weighted by atomic mass is 32.2. The van der Waals surface area contributed by atoms with Gasteiger partial charge in [0.1, 0.15) is 5.82 Å². The van der Waals surface area contributed by atoms with E-state index >= 15 is 0 Å². The van der Waals surface area contributed by atoms with Crippen LogP contribution in [-0.4, -0.2) is 22.8 Å². The summed E-state index contributed by atoms with van der Waals surface area (Å²) in [6.07, 6.45) is 5.72. The molecule has 138 valence electrons. The summed E-state index contributed by atoms with van der Waals surface area (Å²) in [4.78, 5) is 15.8. The van der Waals surface area contributed by atoms with Crippen molar-refractivity contribution >= 4 is 17.5 Å². The van der Waals surface area contributed by atoms with Gasteiger partial charge in [0.05, 0.1) is 0 Å².